The summed E-state index contributed by atoms with van der Waals surface area (Å²) < 4.78 is 5.13. The molecule has 3 aromatic rings. The van der Waals surface area contributed by atoms with E-state index in [-0.39, 0.29) is 5.91 Å². The van der Waals surface area contributed by atoms with Gasteiger partial charge in [-0.1, -0.05) is 11.6 Å². The van der Waals surface area contributed by atoms with Gasteiger partial charge in [-0.15, -0.1) is 0 Å². The van der Waals surface area contributed by atoms with Gasteiger partial charge in [-0.3, -0.25) is 4.79 Å². The summed E-state index contributed by atoms with van der Waals surface area (Å²) in [4.78, 5) is 16.4. The molecule has 0 radical (unpaired) electrons. The molecule has 0 unspecified atom stereocenters. The van der Waals surface area contributed by atoms with Crippen LogP contribution in [0.5, 0.6) is 5.75 Å². The second-order valence-corrected chi connectivity index (χ2v) is 5.68. The molecule has 0 atom stereocenters. The zero-order valence-electron chi connectivity index (χ0n) is 13.5. The van der Waals surface area contributed by atoms with Gasteiger partial charge in [-0.05, 0) is 60.7 Å². The molecule has 25 heavy (non-hydrogen) atoms. The van der Waals surface area contributed by atoms with Crippen molar-refractivity contribution in [3.63, 3.8) is 0 Å². The molecule has 0 saturated heterocycles. The van der Waals surface area contributed by atoms with Crippen LogP contribution in [0.15, 0.2) is 66.9 Å². The number of anilines is 3. The molecule has 1 heterocycles. The fourth-order valence-electron chi connectivity index (χ4n) is 2.17. The van der Waals surface area contributed by atoms with Crippen LogP contribution in [0.4, 0.5) is 17.2 Å². The number of benzene rings is 2. The Morgan fingerprint density at radius 2 is 1.64 bits per heavy atom. The van der Waals surface area contributed by atoms with Crippen LogP contribution in [0.1, 0.15) is 10.4 Å². The van der Waals surface area contributed by atoms with Crippen LogP contribution >= 0.6 is 11.6 Å². The number of nitrogens with zero attached hydrogens (tertiary/aromatic N) is 1. The number of ether oxygens (including phenoxy) is 1. The van der Waals surface area contributed by atoms with Crippen LogP contribution in [0.2, 0.25) is 5.02 Å². The van der Waals surface area contributed by atoms with Gasteiger partial charge in [0.05, 0.1) is 19.0 Å². The summed E-state index contributed by atoms with van der Waals surface area (Å²) in [7, 11) is 1.63. The molecule has 6 heteroatoms. The van der Waals surface area contributed by atoms with Gasteiger partial charge in [-0.2, -0.15) is 0 Å². The number of aromatic nitrogens is 1. The summed E-state index contributed by atoms with van der Waals surface area (Å²) in [5.41, 5.74) is 2.25. The number of methoxy groups -OCH3 is 1. The average molecular weight is 354 g/mol. The van der Waals surface area contributed by atoms with E-state index >= 15 is 0 Å². The molecule has 0 fully saturated rings. The number of amides is 1. The quantitative estimate of drug-likeness (QED) is 0.695. The van der Waals surface area contributed by atoms with Crippen LogP contribution < -0.4 is 15.4 Å². The lowest BCUT2D eigenvalue weighted by Gasteiger charge is -2.09. The predicted octanol–water partition coefficient (Wildman–Crippen LogP) is 4.74. The Morgan fingerprint density at radius 3 is 2.24 bits per heavy atom. The van der Waals surface area contributed by atoms with E-state index in [1.54, 1.807) is 43.6 Å². The van der Waals surface area contributed by atoms with Crippen LogP contribution in [-0.4, -0.2) is 18.0 Å². The average Bonchev–Trinajstić information content (AvgIpc) is 2.64. The third-order valence-corrected chi connectivity index (χ3v) is 3.74. The SMILES string of the molecule is COc1ccc(Nc2ccc(NC(=O)c3ccc(Cl)cc3)nc2)cc1. The molecule has 0 aliphatic carbocycles. The van der Waals surface area contributed by atoms with E-state index in [9.17, 15) is 4.79 Å². The van der Waals surface area contributed by atoms with Crippen molar-refractivity contribution in [2.45, 2.75) is 0 Å². The van der Waals surface area contributed by atoms with Crippen LogP contribution in [0, 0.1) is 0 Å². The molecule has 1 amide bonds. The number of halogens is 1. The maximum Gasteiger partial charge on any atom is 0.256 e. The van der Waals surface area contributed by atoms with Crippen molar-refractivity contribution >= 4 is 34.7 Å². The molecule has 0 spiro atoms. The highest BCUT2D eigenvalue weighted by Crippen LogP contribution is 2.20. The van der Waals surface area contributed by atoms with Crippen molar-refractivity contribution in [2.24, 2.45) is 0 Å². The highest BCUT2D eigenvalue weighted by Gasteiger charge is 2.06. The number of pyridine rings is 1. The number of hydrogen-bond acceptors (Lipinski definition) is 4. The molecule has 1 aromatic heterocycles. The van der Waals surface area contributed by atoms with E-state index < -0.39 is 0 Å². The standard InChI is InChI=1S/C19H16ClN3O2/c1-25-17-9-6-15(7-10-17)22-16-8-11-18(21-12-16)23-19(24)13-2-4-14(20)5-3-13/h2-12,22H,1H3,(H,21,23,24). The molecule has 2 N–H and O–H groups in total. The molecular formula is C19H16ClN3O2. The van der Waals surface area contributed by atoms with Crippen molar-refractivity contribution in [1.29, 1.82) is 0 Å². The predicted molar refractivity (Wildman–Crippen MR) is 99.9 cm³/mol. The van der Waals surface area contributed by atoms with Gasteiger partial charge in [0, 0.05) is 16.3 Å². The number of hydrogen-bond donors (Lipinski definition) is 2. The second kappa shape index (κ2) is 7.68. The lowest BCUT2D eigenvalue weighted by molar-refractivity contribution is 0.102. The monoisotopic (exact) mass is 353 g/mol. The third-order valence-electron chi connectivity index (χ3n) is 3.49. The maximum atomic E-state index is 12.1. The zero-order chi connectivity index (χ0) is 17.6. The Morgan fingerprint density at radius 1 is 0.960 bits per heavy atom. The fraction of sp³-hybridized carbons (Fsp3) is 0.0526. The van der Waals surface area contributed by atoms with E-state index in [0.717, 1.165) is 17.1 Å². The van der Waals surface area contributed by atoms with Crippen LogP contribution in [-0.2, 0) is 0 Å². The van der Waals surface area contributed by atoms with E-state index in [4.69, 9.17) is 16.3 Å². The van der Waals surface area contributed by atoms with Crippen LogP contribution in [0.25, 0.3) is 0 Å². The minimum absolute atomic E-state index is 0.236. The van der Waals surface area contributed by atoms with Gasteiger partial charge in [0.25, 0.3) is 5.91 Å². The number of carbonyl (C=O) groups excluding carboxylic acids is 1. The number of rotatable bonds is 5. The second-order valence-electron chi connectivity index (χ2n) is 5.25. The van der Waals surface area contributed by atoms with E-state index in [1.807, 2.05) is 30.3 Å². The third kappa shape index (κ3) is 4.49. The first-order valence-corrected chi connectivity index (χ1v) is 7.96. The van der Waals surface area contributed by atoms with Crippen molar-refractivity contribution in [3.05, 3.63) is 77.4 Å². The minimum Gasteiger partial charge on any atom is -0.497 e. The normalized spacial score (nSPS) is 10.2. The van der Waals surface area contributed by atoms with Gasteiger partial charge < -0.3 is 15.4 Å². The van der Waals surface area contributed by atoms with Crippen molar-refractivity contribution < 1.29 is 9.53 Å². The highest BCUT2D eigenvalue weighted by molar-refractivity contribution is 6.30. The molecule has 2 aromatic carbocycles. The van der Waals surface area contributed by atoms with Gasteiger partial charge >= 0.3 is 0 Å². The first-order valence-electron chi connectivity index (χ1n) is 7.58. The number of nitrogens with one attached hydrogen (secondary N) is 2. The summed E-state index contributed by atoms with van der Waals surface area (Å²) in [6.07, 6.45) is 1.65. The Bertz CT molecular complexity index is 847. The van der Waals surface area contributed by atoms with Crippen molar-refractivity contribution in [1.82, 2.24) is 4.98 Å². The molecule has 0 aliphatic rings. The fourth-order valence-corrected chi connectivity index (χ4v) is 2.30. The Labute approximate surface area is 150 Å². The van der Waals surface area contributed by atoms with Gasteiger partial charge in [0.15, 0.2) is 0 Å². The first kappa shape index (κ1) is 16.8. The molecule has 126 valence electrons. The van der Waals surface area contributed by atoms with Gasteiger partial charge in [0.2, 0.25) is 0 Å². The first-order chi connectivity index (χ1) is 12.1. The molecule has 0 aliphatic heterocycles. The molecule has 0 bridgehead atoms. The topological polar surface area (TPSA) is 63.2 Å². The Hall–Kier alpha value is -3.05. The zero-order valence-corrected chi connectivity index (χ0v) is 14.2. The lowest BCUT2D eigenvalue weighted by Crippen LogP contribution is -2.12. The number of carbonyl (C=O) groups is 1. The van der Waals surface area contributed by atoms with E-state index in [2.05, 4.69) is 15.6 Å². The van der Waals surface area contributed by atoms with Crippen molar-refractivity contribution in [3.8, 4) is 5.75 Å². The largest absolute Gasteiger partial charge is 0.497 e. The van der Waals surface area contributed by atoms with Gasteiger partial charge in [0.1, 0.15) is 11.6 Å². The van der Waals surface area contributed by atoms with Gasteiger partial charge in [-0.25, -0.2) is 4.98 Å². The molecule has 3 rings (SSSR count). The van der Waals surface area contributed by atoms with Crippen molar-refractivity contribution in [2.75, 3.05) is 17.7 Å². The molecular weight excluding hydrogens is 338 g/mol. The summed E-state index contributed by atoms with van der Waals surface area (Å²) in [6.45, 7) is 0. The summed E-state index contributed by atoms with van der Waals surface area (Å²) >= 11 is 5.82. The minimum atomic E-state index is -0.236. The van der Waals surface area contributed by atoms with Crippen LogP contribution in [0.3, 0.4) is 0 Å². The van der Waals surface area contributed by atoms with E-state index in [0.29, 0.717) is 16.4 Å². The molecule has 0 saturated carbocycles. The maximum absolute atomic E-state index is 12.1. The summed E-state index contributed by atoms with van der Waals surface area (Å²) in [6, 6.07) is 17.8. The van der Waals surface area contributed by atoms with E-state index in [1.165, 1.54) is 0 Å². The Balaban J connectivity index is 1.63. The summed E-state index contributed by atoms with van der Waals surface area (Å²) in [5, 5.41) is 6.56. The Kier molecular flexibility index (Phi) is 5.16. The highest BCUT2D eigenvalue weighted by atomic mass is 35.5. The summed E-state index contributed by atoms with van der Waals surface area (Å²) in [5.74, 6) is 1.03. The lowest BCUT2D eigenvalue weighted by atomic mass is 10.2. The molecule has 5 nitrogen and oxygen atoms in total. The smallest absolute Gasteiger partial charge is 0.256 e.